The molecule has 0 spiro atoms. The molecule has 0 saturated carbocycles. The van der Waals surface area contributed by atoms with E-state index in [1.54, 1.807) is 25.6 Å². The number of hydrogen-bond donors (Lipinski definition) is 0. The van der Waals surface area contributed by atoms with E-state index in [0.29, 0.717) is 41.3 Å². The number of thiophene rings is 1. The third kappa shape index (κ3) is 5.15. The highest BCUT2D eigenvalue weighted by molar-refractivity contribution is 7.99. The van der Waals surface area contributed by atoms with Crippen molar-refractivity contribution in [1.29, 1.82) is 0 Å². The number of methoxy groups -OCH3 is 2. The Bertz CT molecular complexity index is 2030. The van der Waals surface area contributed by atoms with Crippen LogP contribution in [0.5, 0.6) is 23.0 Å². The van der Waals surface area contributed by atoms with Gasteiger partial charge in [-0.05, 0) is 78.5 Å². The van der Waals surface area contributed by atoms with Crippen molar-refractivity contribution >= 4 is 33.3 Å². The number of fused-ring (bicyclic) bond motifs is 4. The van der Waals surface area contributed by atoms with Crippen LogP contribution >= 0.6 is 23.1 Å². The van der Waals surface area contributed by atoms with Crippen molar-refractivity contribution in [2.75, 3.05) is 20.8 Å². The summed E-state index contributed by atoms with van der Waals surface area (Å²) < 4.78 is 25.5. The molecule has 226 valence electrons. The summed E-state index contributed by atoms with van der Waals surface area (Å²) in [6.45, 7) is 0.331. The van der Waals surface area contributed by atoms with Gasteiger partial charge in [0.05, 0.1) is 14.2 Å². The van der Waals surface area contributed by atoms with Crippen LogP contribution < -0.4 is 18.9 Å². The fraction of sp³-hybridized carbons (Fsp3) is 0.235. The Hall–Kier alpha value is -4.61. The van der Waals surface area contributed by atoms with Crippen molar-refractivity contribution in [2.45, 2.75) is 42.0 Å². The molecule has 0 N–H and O–H groups in total. The molecular weight excluding hydrogens is 607 g/mol. The lowest BCUT2D eigenvalue weighted by Crippen LogP contribution is -2.24. The average molecular weight is 636 g/mol. The zero-order chi connectivity index (χ0) is 30.3. The molecular formula is C34H29N5O4S2. The van der Waals surface area contributed by atoms with E-state index in [1.807, 2.05) is 60.7 Å². The van der Waals surface area contributed by atoms with Gasteiger partial charge in [-0.25, -0.2) is 9.97 Å². The van der Waals surface area contributed by atoms with Gasteiger partial charge < -0.3 is 18.9 Å². The molecule has 0 bridgehead atoms. The lowest BCUT2D eigenvalue weighted by atomic mass is 10.1. The minimum absolute atomic E-state index is 0.331. The van der Waals surface area contributed by atoms with Crippen molar-refractivity contribution in [2.24, 2.45) is 0 Å². The summed E-state index contributed by atoms with van der Waals surface area (Å²) >= 11 is 3.30. The Balaban J connectivity index is 1.21. The number of para-hydroxylation sites is 3. The molecule has 1 aliphatic carbocycles. The summed E-state index contributed by atoms with van der Waals surface area (Å²) in [7, 11) is 3.28. The molecule has 3 aromatic heterocycles. The largest absolute Gasteiger partial charge is 0.493 e. The van der Waals surface area contributed by atoms with Crippen LogP contribution in [0.3, 0.4) is 0 Å². The number of aryl methyl sites for hydroxylation is 2. The van der Waals surface area contributed by atoms with Crippen LogP contribution in [-0.2, 0) is 19.3 Å². The number of aromatic nitrogens is 5. The fourth-order valence-corrected chi connectivity index (χ4v) is 8.30. The first-order valence-corrected chi connectivity index (χ1v) is 16.4. The minimum Gasteiger partial charge on any atom is -0.493 e. The van der Waals surface area contributed by atoms with Crippen molar-refractivity contribution < 1.29 is 18.9 Å². The zero-order valence-corrected chi connectivity index (χ0v) is 26.4. The number of hydrogen-bond acceptors (Lipinski definition) is 10. The van der Waals surface area contributed by atoms with Gasteiger partial charge in [0, 0.05) is 22.4 Å². The molecule has 45 heavy (non-hydrogen) atoms. The maximum Gasteiger partial charge on any atom is 0.202 e. The van der Waals surface area contributed by atoms with Gasteiger partial charge in [-0.1, -0.05) is 36.4 Å². The van der Waals surface area contributed by atoms with Gasteiger partial charge in [-0.3, -0.25) is 4.57 Å². The van der Waals surface area contributed by atoms with E-state index >= 15 is 0 Å². The Morgan fingerprint density at radius 2 is 1.73 bits per heavy atom. The molecule has 11 heteroatoms. The van der Waals surface area contributed by atoms with Crippen LogP contribution in [0.15, 0.2) is 83.0 Å². The number of rotatable bonds is 8. The van der Waals surface area contributed by atoms with E-state index in [2.05, 4.69) is 21.8 Å². The van der Waals surface area contributed by atoms with Crippen molar-refractivity contribution in [3.05, 3.63) is 100 Å². The lowest BCUT2D eigenvalue weighted by molar-refractivity contribution is 0.0835. The molecule has 0 fully saturated rings. The van der Waals surface area contributed by atoms with E-state index in [-0.39, 0.29) is 0 Å². The predicted octanol–water partition coefficient (Wildman–Crippen LogP) is 7.03. The zero-order valence-electron chi connectivity index (χ0n) is 24.7. The molecule has 8 rings (SSSR count). The highest BCUT2D eigenvalue weighted by Crippen LogP contribution is 2.43. The number of benzene rings is 3. The summed E-state index contributed by atoms with van der Waals surface area (Å²) in [5.74, 6) is 4.20. The Kier molecular flexibility index (Phi) is 7.27. The third-order valence-corrected chi connectivity index (χ3v) is 10.2. The van der Waals surface area contributed by atoms with E-state index in [1.165, 1.54) is 22.2 Å². The normalized spacial score (nSPS) is 15.3. The average Bonchev–Trinajstić information content (AvgIpc) is 3.80. The molecule has 1 aliphatic heterocycles. The summed E-state index contributed by atoms with van der Waals surface area (Å²) in [6, 6.07) is 23.7. The Morgan fingerprint density at radius 3 is 2.58 bits per heavy atom. The maximum atomic E-state index is 6.38. The molecule has 4 heterocycles. The van der Waals surface area contributed by atoms with E-state index in [9.17, 15) is 0 Å². The fourth-order valence-electron chi connectivity index (χ4n) is 5.94. The second-order valence-electron chi connectivity index (χ2n) is 10.8. The van der Waals surface area contributed by atoms with Crippen molar-refractivity contribution in [1.82, 2.24) is 24.7 Å². The molecule has 1 unspecified atom stereocenters. The summed E-state index contributed by atoms with van der Waals surface area (Å²) in [4.78, 5) is 12.6. The van der Waals surface area contributed by atoms with E-state index in [4.69, 9.17) is 34.0 Å². The molecule has 2 aliphatic rings. The quantitative estimate of drug-likeness (QED) is 0.163. The monoisotopic (exact) mass is 635 g/mol. The van der Waals surface area contributed by atoms with Gasteiger partial charge in [0.2, 0.25) is 5.16 Å². The van der Waals surface area contributed by atoms with Crippen LogP contribution in [0.4, 0.5) is 0 Å². The van der Waals surface area contributed by atoms with Crippen LogP contribution in [0.25, 0.3) is 15.9 Å². The molecule has 3 aromatic carbocycles. The lowest BCUT2D eigenvalue weighted by Gasteiger charge is -2.26. The summed E-state index contributed by atoms with van der Waals surface area (Å²) in [5, 5.41) is 12.1. The van der Waals surface area contributed by atoms with Gasteiger partial charge in [-0.15, -0.1) is 21.5 Å². The standard InChI is InChI=1S/C34H29N5O4S2/c1-40-23-16-15-20(17-26(23)41-2)18-29-35-32-30(22-11-8-14-28(22)44-32)33(36-29)45-34-38-37-31(39(34)21-9-4-3-5-10-21)27-19-42-24-12-6-7-13-25(24)43-27/h3-7,9-10,12-13,15-17,27H,8,11,14,18-19H2,1-2H3. The van der Waals surface area contributed by atoms with E-state index < -0.39 is 6.10 Å². The Morgan fingerprint density at radius 1 is 0.911 bits per heavy atom. The maximum absolute atomic E-state index is 6.38. The van der Waals surface area contributed by atoms with Crippen molar-refractivity contribution in [3.63, 3.8) is 0 Å². The second-order valence-corrected chi connectivity index (χ2v) is 12.9. The predicted molar refractivity (Wildman–Crippen MR) is 173 cm³/mol. The summed E-state index contributed by atoms with van der Waals surface area (Å²) in [5.41, 5.74) is 3.34. The van der Waals surface area contributed by atoms with Crippen LogP contribution in [0.1, 0.15) is 40.2 Å². The number of nitrogens with zero attached hydrogens (tertiary/aromatic N) is 5. The van der Waals surface area contributed by atoms with Gasteiger partial charge in [0.25, 0.3) is 0 Å². The van der Waals surface area contributed by atoms with Crippen LogP contribution in [0.2, 0.25) is 0 Å². The van der Waals surface area contributed by atoms with E-state index in [0.717, 1.165) is 57.3 Å². The molecule has 1 atom stereocenters. The Labute approximate surface area is 268 Å². The van der Waals surface area contributed by atoms with Crippen LogP contribution in [0, 0.1) is 0 Å². The third-order valence-electron chi connectivity index (χ3n) is 8.05. The van der Waals surface area contributed by atoms with Gasteiger partial charge in [0.15, 0.2) is 34.9 Å². The first-order valence-electron chi connectivity index (χ1n) is 14.8. The minimum atomic E-state index is -0.432. The first kappa shape index (κ1) is 27.9. The number of ether oxygens (including phenoxy) is 4. The molecule has 0 saturated heterocycles. The smallest absolute Gasteiger partial charge is 0.202 e. The van der Waals surface area contributed by atoms with Crippen molar-refractivity contribution in [3.8, 4) is 28.7 Å². The van der Waals surface area contributed by atoms with Gasteiger partial charge >= 0.3 is 0 Å². The molecule has 0 radical (unpaired) electrons. The second kappa shape index (κ2) is 11.7. The topological polar surface area (TPSA) is 93.4 Å². The summed E-state index contributed by atoms with van der Waals surface area (Å²) in [6.07, 6.45) is 3.38. The highest BCUT2D eigenvalue weighted by Gasteiger charge is 2.31. The molecule has 0 amide bonds. The molecule has 9 nitrogen and oxygen atoms in total. The van der Waals surface area contributed by atoms with Gasteiger partial charge in [0.1, 0.15) is 22.3 Å². The first-order chi connectivity index (χ1) is 22.2. The highest BCUT2D eigenvalue weighted by atomic mass is 32.2. The van der Waals surface area contributed by atoms with Gasteiger partial charge in [-0.2, -0.15) is 0 Å². The molecule has 6 aromatic rings. The SMILES string of the molecule is COc1ccc(Cc2nc(Sc3nnc(C4COc5ccccc5O4)n3-c3ccccc3)c3c4c(sc3n2)CCC4)cc1OC. The van der Waals surface area contributed by atoms with Crippen LogP contribution in [-0.4, -0.2) is 45.6 Å².